The first-order valence-electron chi connectivity index (χ1n) is 7.53. The van der Waals surface area contributed by atoms with Crippen molar-refractivity contribution < 1.29 is 14.2 Å². The van der Waals surface area contributed by atoms with Gasteiger partial charge >= 0.3 is 0 Å². The van der Waals surface area contributed by atoms with Gasteiger partial charge in [0, 0.05) is 12.6 Å². The second kappa shape index (κ2) is 7.67. The summed E-state index contributed by atoms with van der Waals surface area (Å²) in [5.41, 5.74) is 2.44. The summed E-state index contributed by atoms with van der Waals surface area (Å²) in [7, 11) is 4.83. The van der Waals surface area contributed by atoms with Crippen molar-refractivity contribution in [3.05, 3.63) is 23.9 Å². The van der Waals surface area contributed by atoms with Crippen molar-refractivity contribution in [1.82, 2.24) is 9.97 Å². The van der Waals surface area contributed by atoms with E-state index in [2.05, 4.69) is 22.2 Å². The number of hydrogen-bond donors (Lipinski definition) is 1. The third kappa shape index (κ3) is 3.64. The third-order valence-electron chi connectivity index (χ3n) is 3.45. The quantitative estimate of drug-likeness (QED) is 0.845. The summed E-state index contributed by atoms with van der Waals surface area (Å²) in [6.45, 7) is 4.87. The van der Waals surface area contributed by atoms with Gasteiger partial charge < -0.3 is 19.5 Å². The van der Waals surface area contributed by atoms with E-state index in [1.807, 2.05) is 25.1 Å². The van der Waals surface area contributed by atoms with Crippen molar-refractivity contribution in [2.45, 2.75) is 20.3 Å². The minimum absolute atomic E-state index is 0.527. The zero-order valence-corrected chi connectivity index (χ0v) is 14.3. The van der Waals surface area contributed by atoms with Crippen LogP contribution in [0.5, 0.6) is 17.4 Å². The number of nitrogens with zero attached hydrogens (tertiary/aromatic N) is 2. The van der Waals surface area contributed by atoms with E-state index in [1.165, 1.54) is 0 Å². The highest BCUT2D eigenvalue weighted by atomic mass is 16.5. The number of aromatic nitrogens is 2. The molecule has 23 heavy (non-hydrogen) atoms. The van der Waals surface area contributed by atoms with E-state index in [4.69, 9.17) is 14.2 Å². The van der Waals surface area contributed by atoms with Crippen LogP contribution in [0.25, 0.3) is 11.4 Å². The molecule has 0 aliphatic heterocycles. The molecular weight excluding hydrogens is 294 g/mol. The van der Waals surface area contributed by atoms with Gasteiger partial charge in [-0.2, -0.15) is 4.98 Å². The molecule has 124 valence electrons. The fourth-order valence-corrected chi connectivity index (χ4v) is 2.25. The fraction of sp³-hybridized carbons (Fsp3) is 0.412. The molecule has 0 atom stereocenters. The van der Waals surface area contributed by atoms with E-state index in [0.717, 1.165) is 35.7 Å². The van der Waals surface area contributed by atoms with Crippen LogP contribution in [0.4, 0.5) is 5.69 Å². The maximum absolute atomic E-state index is 5.43. The molecule has 1 aromatic heterocycles. The number of hydrogen-bond acceptors (Lipinski definition) is 6. The average Bonchev–Trinajstić information content (AvgIpc) is 2.59. The molecule has 0 fully saturated rings. The molecule has 0 aliphatic rings. The largest absolute Gasteiger partial charge is 0.497 e. The molecule has 0 aliphatic carbocycles. The summed E-state index contributed by atoms with van der Waals surface area (Å²) in [5.74, 6) is 2.45. The van der Waals surface area contributed by atoms with E-state index in [-0.39, 0.29) is 0 Å². The Morgan fingerprint density at radius 2 is 1.83 bits per heavy atom. The Kier molecular flexibility index (Phi) is 5.62. The first kappa shape index (κ1) is 16.9. The number of ether oxygens (including phenoxy) is 3. The standard InChI is InChI=1S/C17H23N3O3/c1-6-9-18-15-11(2)19-16(20-17(15)23-5)13-8-7-12(21-3)10-14(13)22-4/h7-8,10,18H,6,9H2,1-5H3. The van der Waals surface area contributed by atoms with Gasteiger partial charge in [0.1, 0.15) is 17.2 Å². The molecule has 0 unspecified atom stereocenters. The van der Waals surface area contributed by atoms with Crippen LogP contribution >= 0.6 is 0 Å². The number of anilines is 1. The number of rotatable bonds is 7. The van der Waals surface area contributed by atoms with Gasteiger partial charge in [-0.15, -0.1) is 0 Å². The molecule has 1 N–H and O–H groups in total. The van der Waals surface area contributed by atoms with Gasteiger partial charge in [-0.1, -0.05) is 6.92 Å². The van der Waals surface area contributed by atoms with E-state index in [1.54, 1.807) is 21.3 Å². The molecule has 6 heteroatoms. The molecule has 0 saturated heterocycles. The predicted molar refractivity (Wildman–Crippen MR) is 90.6 cm³/mol. The fourth-order valence-electron chi connectivity index (χ4n) is 2.25. The Hall–Kier alpha value is -2.50. The Labute approximate surface area is 136 Å². The molecule has 1 heterocycles. The molecule has 0 bridgehead atoms. The molecule has 0 spiro atoms. The van der Waals surface area contributed by atoms with Gasteiger partial charge in [0.25, 0.3) is 0 Å². The smallest absolute Gasteiger partial charge is 0.241 e. The summed E-state index contributed by atoms with van der Waals surface area (Å²) < 4.78 is 16.1. The molecule has 0 radical (unpaired) electrons. The number of nitrogens with one attached hydrogen (secondary N) is 1. The zero-order chi connectivity index (χ0) is 16.8. The number of benzene rings is 1. The normalized spacial score (nSPS) is 10.3. The highest BCUT2D eigenvalue weighted by Gasteiger charge is 2.16. The Morgan fingerprint density at radius 3 is 2.43 bits per heavy atom. The summed E-state index contributed by atoms with van der Waals surface area (Å²) in [6.07, 6.45) is 1.01. The van der Waals surface area contributed by atoms with Crippen LogP contribution < -0.4 is 19.5 Å². The second-order valence-corrected chi connectivity index (χ2v) is 5.01. The molecule has 2 rings (SSSR count). The van der Waals surface area contributed by atoms with Crippen molar-refractivity contribution in [2.24, 2.45) is 0 Å². The van der Waals surface area contributed by atoms with Crippen LogP contribution in [0, 0.1) is 6.92 Å². The topological polar surface area (TPSA) is 65.5 Å². The van der Waals surface area contributed by atoms with Gasteiger partial charge in [-0.25, -0.2) is 4.98 Å². The lowest BCUT2D eigenvalue weighted by atomic mass is 10.1. The van der Waals surface area contributed by atoms with Gasteiger partial charge in [-0.3, -0.25) is 0 Å². The van der Waals surface area contributed by atoms with Crippen molar-refractivity contribution >= 4 is 5.69 Å². The van der Waals surface area contributed by atoms with Crippen LogP contribution in [-0.2, 0) is 0 Å². The van der Waals surface area contributed by atoms with Crippen LogP contribution in [0.15, 0.2) is 18.2 Å². The lowest BCUT2D eigenvalue weighted by Gasteiger charge is -2.15. The zero-order valence-electron chi connectivity index (χ0n) is 14.3. The van der Waals surface area contributed by atoms with E-state index >= 15 is 0 Å². The average molecular weight is 317 g/mol. The van der Waals surface area contributed by atoms with Crippen LogP contribution in [0.3, 0.4) is 0 Å². The Balaban J connectivity index is 2.50. The van der Waals surface area contributed by atoms with Gasteiger partial charge in [-0.05, 0) is 25.5 Å². The predicted octanol–water partition coefficient (Wildman–Crippen LogP) is 3.30. The number of aryl methyl sites for hydroxylation is 1. The van der Waals surface area contributed by atoms with Gasteiger partial charge in [0.05, 0.1) is 32.6 Å². The minimum Gasteiger partial charge on any atom is -0.497 e. The first-order chi connectivity index (χ1) is 11.1. The van der Waals surface area contributed by atoms with E-state index in [9.17, 15) is 0 Å². The van der Waals surface area contributed by atoms with Gasteiger partial charge in [0.15, 0.2) is 5.82 Å². The molecule has 0 amide bonds. The van der Waals surface area contributed by atoms with E-state index < -0.39 is 0 Å². The number of methoxy groups -OCH3 is 3. The maximum atomic E-state index is 5.43. The van der Waals surface area contributed by atoms with Crippen molar-refractivity contribution in [1.29, 1.82) is 0 Å². The summed E-state index contributed by atoms with van der Waals surface area (Å²) in [6, 6.07) is 5.54. The lowest BCUT2D eigenvalue weighted by Crippen LogP contribution is -2.08. The lowest BCUT2D eigenvalue weighted by molar-refractivity contribution is 0.393. The third-order valence-corrected chi connectivity index (χ3v) is 3.45. The van der Waals surface area contributed by atoms with E-state index in [0.29, 0.717) is 17.5 Å². The monoisotopic (exact) mass is 317 g/mol. The van der Waals surface area contributed by atoms with Crippen LogP contribution in [0.1, 0.15) is 19.0 Å². The Morgan fingerprint density at radius 1 is 1.04 bits per heavy atom. The van der Waals surface area contributed by atoms with Crippen LogP contribution in [-0.4, -0.2) is 37.8 Å². The molecule has 6 nitrogen and oxygen atoms in total. The van der Waals surface area contributed by atoms with Crippen molar-refractivity contribution in [3.63, 3.8) is 0 Å². The van der Waals surface area contributed by atoms with Gasteiger partial charge in [0.2, 0.25) is 5.88 Å². The highest BCUT2D eigenvalue weighted by Crippen LogP contribution is 2.34. The van der Waals surface area contributed by atoms with Crippen molar-refractivity contribution in [3.8, 4) is 28.8 Å². The molecular formula is C17H23N3O3. The Bertz CT molecular complexity index is 674. The summed E-state index contributed by atoms with van der Waals surface area (Å²) >= 11 is 0. The molecule has 2 aromatic rings. The van der Waals surface area contributed by atoms with Crippen LogP contribution in [0.2, 0.25) is 0 Å². The summed E-state index contributed by atoms with van der Waals surface area (Å²) in [4.78, 5) is 9.12. The molecule has 0 saturated carbocycles. The first-order valence-corrected chi connectivity index (χ1v) is 7.53. The minimum atomic E-state index is 0.527. The maximum Gasteiger partial charge on any atom is 0.241 e. The highest BCUT2D eigenvalue weighted by molar-refractivity contribution is 5.69. The van der Waals surface area contributed by atoms with Crippen molar-refractivity contribution in [2.75, 3.05) is 33.2 Å². The second-order valence-electron chi connectivity index (χ2n) is 5.01. The SMILES string of the molecule is CCCNc1c(C)nc(-c2ccc(OC)cc2OC)nc1OC. The molecule has 1 aromatic carbocycles. The summed E-state index contributed by atoms with van der Waals surface area (Å²) in [5, 5.41) is 3.31.